The maximum atomic E-state index is 13.1. The molecule has 0 atom stereocenters. The van der Waals surface area contributed by atoms with Gasteiger partial charge in [0.1, 0.15) is 11.5 Å². The van der Waals surface area contributed by atoms with Crippen LogP contribution in [0.2, 0.25) is 0 Å². The maximum absolute atomic E-state index is 13.1. The molecular weight excluding hydrogens is 475 g/mol. The standard InChI is InChI=1S/C21H11IO6/c1-28-9-6-7-12-13(8-9)18(24)15(21(27)20(12)26)14-16(22)19(25)11-5-3-2-4-10(11)17(14)23/h2-8,24H,1H3. The first-order chi connectivity index (χ1) is 13.4. The number of aliphatic hydroxyl groups excluding tert-OH is 1. The number of hydrogen-bond donors (Lipinski definition) is 1. The fraction of sp³-hybridized carbons (Fsp3) is 0.0476. The molecule has 0 saturated carbocycles. The number of allylic oxidation sites excluding steroid dienone is 3. The molecule has 1 N–H and O–H groups in total. The number of carbonyl (C=O) groups excluding carboxylic acids is 4. The Hall–Kier alpha value is -3.07. The third-order valence-electron chi connectivity index (χ3n) is 4.71. The van der Waals surface area contributed by atoms with Crippen molar-refractivity contribution in [3.05, 3.63) is 79.4 Å². The lowest BCUT2D eigenvalue weighted by Gasteiger charge is -2.23. The van der Waals surface area contributed by atoms with Crippen LogP contribution in [-0.4, -0.2) is 35.3 Å². The second-order valence-corrected chi connectivity index (χ2v) is 7.26. The second-order valence-electron chi connectivity index (χ2n) is 6.19. The second kappa shape index (κ2) is 6.52. The van der Waals surface area contributed by atoms with E-state index in [2.05, 4.69) is 0 Å². The third kappa shape index (κ3) is 2.46. The molecule has 0 amide bonds. The van der Waals surface area contributed by atoms with E-state index in [0.717, 1.165) is 0 Å². The Kier molecular flexibility index (Phi) is 4.26. The van der Waals surface area contributed by atoms with Gasteiger partial charge in [0.25, 0.3) is 0 Å². The van der Waals surface area contributed by atoms with Crippen LogP contribution in [0.3, 0.4) is 0 Å². The van der Waals surface area contributed by atoms with Gasteiger partial charge in [-0.05, 0) is 40.8 Å². The van der Waals surface area contributed by atoms with Crippen molar-refractivity contribution in [1.82, 2.24) is 0 Å². The highest BCUT2D eigenvalue weighted by atomic mass is 127. The van der Waals surface area contributed by atoms with Gasteiger partial charge >= 0.3 is 0 Å². The van der Waals surface area contributed by atoms with Gasteiger partial charge in [-0.2, -0.15) is 0 Å². The summed E-state index contributed by atoms with van der Waals surface area (Å²) in [6.07, 6.45) is 0. The Morgan fingerprint density at radius 3 is 2.00 bits per heavy atom. The molecule has 0 fully saturated rings. The molecule has 2 aromatic rings. The van der Waals surface area contributed by atoms with E-state index in [1.165, 1.54) is 37.4 Å². The monoisotopic (exact) mass is 486 g/mol. The van der Waals surface area contributed by atoms with Crippen LogP contribution >= 0.6 is 22.6 Å². The summed E-state index contributed by atoms with van der Waals surface area (Å²) in [5.74, 6) is -3.08. The van der Waals surface area contributed by atoms with Crippen molar-refractivity contribution in [2.24, 2.45) is 0 Å². The lowest BCUT2D eigenvalue weighted by Crippen LogP contribution is -2.30. The van der Waals surface area contributed by atoms with Crippen molar-refractivity contribution >= 4 is 51.5 Å². The molecule has 2 aromatic carbocycles. The number of rotatable bonds is 2. The van der Waals surface area contributed by atoms with E-state index in [0.29, 0.717) is 5.75 Å². The average molecular weight is 486 g/mol. The molecule has 0 radical (unpaired) electrons. The first-order valence-electron chi connectivity index (χ1n) is 8.16. The Morgan fingerprint density at radius 2 is 1.36 bits per heavy atom. The smallest absolute Gasteiger partial charge is 0.238 e. The molecule has 4 rings (SSSR count). The van der Waals surface area contributed by atoms with Gasteiger partial charge < -0.3 is 9.84 Å². The number of aliphatic hydroxyl groups is 1. The fourth-order valence-electron chi connectivity index (χ4n) is 3.32. The highest BCUT2D eigenvalue weighted by Crippen LogP contribution is 2.40. The van der Waals surface area contributed by atoms with Crippen molar-refractivity contribution in [3.63, 3.8) is 0 Å². The lowest BCUT2D eigenvalue weighted by atomic mass is 9.79. The number of ether oxygens (including phenoxy) is 1. The van der Waals surface area contributed by atoms with E-state index < -0.39 is 34.5 Å². The van der Waals surface area contributed by atoms with Gasteiger partial charge in [-0.15, -0.1) is 0 Å². The Labute approximate surface area is 172 Å². The van der Waals surface area contributed by atoms with E-state index in [1.807, 2.05) is 0 Å². The molecule has 2 aliphatic rings. The SMILES string of the molecule is COc1ccc2c(c1)C(O)=C(C1=C(I)C(=O)c3ccccc3C1=O)C(=O)C2=O. The number of methoxy groups -OCH3 is 1. The molecule has 0 heterocycles. The molecule has 0 saturated heterocycles. The molecule has 0 aromatic heterocycles. The zero-order valence-electron chi connectivity index (χ0n) is 14.4. The number of Topliss-reactive ketones (excluding diaryl/α,β-unsaturated/α-hetero) is 4. The Balaban J connectivity index is 2.01. The number of hydrogen-bond acceptors (Lipinski definition) is 6. The first kappa shape index (κ1) is 18.3. The van der Waals surface area contributed by atoms with Crippen LogP contribution in [-0.2, 0) is 4.79 Å². The minimum absolute atomic E-state index is 0.0117. The van der Waals surface area contributed by atoms with Crippen molar-refractivity contribution in [2.45, 2.75) is 0 Å². The number of carbonyl (C=O) groups is 4. The largest absolute Gasteiger partial charge is 0.506 e. The summed E-state index contributed by atoms with van der Waals surface area (Å²) in [6, 6.07) is 10.5. The minimum Gasteiger partial charge on any atom is -0.506 e. The van der Waals surface area contributed by atoms with Crippen LogP contribution in [0.4, 0.5) is 0 Å². The number of fused-ring (bicyclic) bond motifs is 2. The van der Waals surface area contributed by atoms with Crippen molar-refractivity contribution in [3.8, 4) is 5.75 Å². The molecule has 6 nitrogen and oxygen atoms in total. The van der Waals surface area contributed by atoms with Crippen LogP contribution in [0.1, 0.15) is 36.6 Å². The summed E-state index contributed by atoms with van der Waals surface area (Å²) in [5, 5.41) is 10.8. The topological polar surface area (TPSA) is 97.7 Å². The summed E-state index contributed by atoms with van der Waals surface area (Å²) in [4.78, 5) is 51.1. The van der Waals surface area contributed by atoms with Gasteiger partial charge in [0, 0.05) is 22.3 Å². The zero-order chi connectivity index (χ0) is 20.2. The normalized spacial score (nSPS) is 16.4. The number of halogens is 1. The molecule has 0 aliphatic heterocycles. The molecule has 0 bridgehead atoms. The fourth-order valence-corrected chi connectivity index (χ4v) is 4.13. The summed E-state index contributed by atoms with van der Waals surface area (Å²) >= 11 is 1.68. The predicted molar refractivity (Wildman–Crippen MR) is 108 cm³/mol. The van der Waals surface area contributed by atoms with Gasteiger partial charge in [0.05, 0.1) is 21.8 Å². The van der Waals surface area contributed by atoms with E-state index in [9.17, 15) is 24.3 Å². The molecule has 7 heteroatoms. The lowest BCUT2D eigenvalue weighted by molar-refractivity contribution is -0.111. The molecular formula is C21H11IO6. The Bertz CT molecular complexity index is 1190. The van der Waals surface area contributed by atoms with Gasteiger partial charge in [-0.25, -0.2) is 0 Å². The van der Waals surface area contributed by atoms with Gasteiger partial charge in [-0.3, -0.25) is 19.2 Å². The van der Waals surface area contributed by atoms with Crippen LogP contribution in [0.15, 0.2) is 57.2 Å². The first-order valence-corrected chi connectivity index (χ1v) is 9.24. The zero-order valence-corrected chi connectivity index (χ0v) is 16.6. The molecule has 138 valence electrons. The van der Waals surface area contributed by atoms with Crippen molar-refractivity contribution < 1.29 is 29.0 Å². The summed E-state index contributed by atoms with van der Waals surface area (Å²) in [6.45, 7) is 0. The molecule has 2 aliphatic carbocycles. The van der Waals surface area contributed by atoms with Crippen molar-refractivity contribution in [2.75, 3.05) is 7.11 Å². The van der Waals surface area contributed by atoms with E-state index >= 15 is 0 Å². The highest BCUT2D eigenvalue weighted by Gasteiger charge is 2.41. The molecule has 0 spiro atoms. The summed E-state index contributed by atoms with van der Waals surface area (Å²) in [7, 11) is 1.42. The van der Waals surface area contributed by atoms with Gasteiger partial charge in [0.15, 0.2) is 5.78 Å². The predicted octanol–water partition coefficient (Wildman–Crippen LogP) is 3.50. The third-order valence-corrected chi connectivity index (χ3v) is 5.74. The minimum atomic E-state index is -1.03. The molecule has 0 unspecified atom stereocenters. The number of ketones is 4. The quantitative estimate of drug-likeness (QED) is 0.516. The number of benzene rings is 2. The van der Waals surface area contributed by atoms with Crippen LogP contribution in [0.5, 0.6) is 5.75 Å². The maximum Gasteiger partial charge on any atom is 0.238 e. The average Bonchev–Trinajstić information content (AvgIpc) is 2.72. The van der Waals surface area contributed by atoms with Crippen LogP contribution in [0.25, 0.3) is 5.76 Å². The van der Waals surface area contributed by atoms with E-state index in [1.54, 1.807) is 34.7 Å². The molecule has 28 heavy (non-hydrogen) atoms. The highest BCUT2D eigenvalue weighted by molar-refractivity contribution is 14.1. The summed E-state index contributed by atoms with van der Waals surface area (Å²) < 4.78 is 5.09. The van der Waals surface area contributed by atoms with E-state index in [-0.39, 0.29) is 31.4 Å². The van der Waals surface area contributed by atoms with Gasteiger partial charge in [0.2, 0.25) is 17.3 Å². The van der Waals surface area contributed by atoms with E-state index in [4.69, 9.17) is 4.74 Å². The van der Waals surface area contributed by atoms with Crippen LogP contribution in [0, 0.1) is 0 Å². The van der Waals surface area contributed by atoms with Crippen LogP contribution < -0.4 is 4.74 Å². The van der Waals surface area contributed by atoms with Gasteiger partial charge in [-0.1, -0.05) is 24.3 Å². The van der Waals surface area contributed by atoms with Crippen molar-refractivity contribution in [1.29, 1.82) is 0 Å². The Morgan fingerprint density at radius 1 is 0.750 bits per heavy atom. The summed E-state index contributed by atoms with van der Waals surface area (Å²) in [5.41, 5.74) is -0.277.